The van der Waals surface area contributed by atoms with Gasteiger partial charge >= 0.3 is 6.09 Å². The molecule has 114 valence electrons. The summed E-state index contributed by atoms with van der Waals surface area (Å²) in [6.07, 6.45) is 0.473. The average molecular weight is 324 g/mol. The summed E-state index contributed by atoms with van der Waals surface area (Å²) in [5.74, 6) is -0.356. The molecule has 2 fully saturated rings. The number of carbonyl (C=O) groups excluding carboxylic acids is 2. The van der Waals surface area contributed by atoms with Crippen LogP contribution in [0.25, 0.3) is 0 Å². The molecule has 1 unspecified atom stereocenters. The third-order valence-electron chi connectivity index (χ3n) is 4.10. The largest absolute Gasteiger partial charge is 0.416 e. The van der Waals surface area contributed by atoms with E-state index in [2.05, 4.69) is 5.32 Å². The van der Waals surface area contributed by atoms with Crippen LogP contribution >= 0.6 is 23.2 Å². The Morgan fingerprint density at radius 1 is 1.45 bits per heavy atom. The molecule has 1 N–H and O–H groups in total. The molecular weight excluding hydrogens is 305 g/mol. The second-order valence-corrected chi connectivity index (χ2v) is 7.07. The van der Waals surface area contributed by atoms with E-state index in [1.54, 1.807) is 0 Å². The lowest BCUT2D eigenvalue weighted by Crippen LogP contribution is -2.52. The number of hydrogen-bond acceptors (Lipinski definition) is 4. The first-order chi connectivity index (χ1) is 9.21. The van der Waals surface area contributed by atoms with Gasteiger partial charge in [-0.2, -0.15) is 0 Å². The normalized spacial score (nSPS) is 39.7. The van der Waals surface area contributed by atoms with Crippen LogP contribution in [0.2, 0.25) is 0 Å². The summed E-state index contributed by atoms with van der Waals surface area (Å²) in [7, 11) is 0. The molecule has 2 aliphatic rings. The highest BCUT2D eigenvalue weighted by atomic mass is 35.5. The van der Waals surface area contributed by atoms with Gasteiger partial charge in [-0.15, -0.1) is 23.2 Å². The molecule has 1 saturated carbocycles. The minimum absolute atomic E-state index is 0.00331. The Labute approximate surface area is 128 Å². The molecule has 0 aromatic rings. The lowest BCUT2D eigenvalue weighted by atomic mass is 9.72. The molecule has 5 nitrogen and oxygen atoms in total. The zero-order valence-corrected chi connectivity index (χ0v) is 13.3. The van der Waals surface area contributed by atoms with Crippen molar-refractivity contribution in [1.82, 2.24) is 5.32 Å². The molecular formula is C13H19Cl2NO4. The van der Waals surface area contributed by atoms with Crippen molar-refractivity contribution in [2.45, 2.75) is 62.2 Å². The van der Waals surface area contributed by atoms with E-state index in [0.717, 1.165) is 6.42 Å². The smallest absolute Gasteiger partial charge is 0.416 e. The Balaban J connectivity index is 2.07. The highest BCUT2D eigenvalue weighted by molar-refractivity contribution is 6.27. The molecule has 1 spiro atoms. The minimum atomic E-state index is -0.810. The van der Waals surface area contributed by atoms with Crippen molar-refractivity contribution in [1.29, 1.82) is 0 Å². The molecule has 2 rings (SSSR count). The van der Waals surface area contributed by atoms with Gasteiger partial charge in [0.2, 0.25) is 12.2 Å². The van der Waals surface area contributed by atoms with Crippen LogP contribution in [0.4, 0.5) is 4.79 Å². The third-order valence-corrected chi connectivity index (χ3v) is 5.38. The third kappa shape index (κ3) is 2.63. The summed E-state index contributed by atoms with van der Waals surface area (Å²) in [4.78, 5) is 21.6. The molecule has 1 aliphatic carbocycles. The molecule has 1 aliphatic heterocycles. The van der Waals surface area contributed by atoms with E-state index in [1.807, 2.05) is 13.8 Å². The van der Waals surface area contributed by atoms with Crippen molar-refractivity contribution < 1.29 is 19.1 Å². The fourth-order valence-electron chi connectivity index (χ4n) is 2.92. The molecule has 0 radical (unpaired) electrons. The number of halogens is 2. The number of hydrogen-bond donors (Lipinski definition) is 1. The van der Waals surface area contributed by atoms with Gasteiger partial charge in [-0.25, -0.2) is 4.79 Å². The maximum Gasteiger partial charge on any atom is 0.416 e. The summed E-state index contributed by atoms with van der Waals surface area (Å²) in [5.41, 5.74) is -0.692. The zero-order valence-electron chi connectivity index (χ0n) is 11.7. The number of nitrogens with one attached hydrogen (secondary N) is 1. The Morgan fingerprint density at radius 2 is 2.10 bits per heavy atom. The standard InChI is InChI=1S/C13H19Cl2NO4/c1-7(2)12(15)6-9(14)4-5-13(12)10(20-13)19-11(18)16-8(3)17/h7,9-10H,4-6H2,1-3H3,(H,16,17,18)/t9-,10?,12+,13-/m0/s1. The van der Waals surface area contributed by atoms with Gasteiger partial charge in [-0.1, -0.05) is 13.8 Å². The molecule has 0 aromatic heterocycles. The highest BCUT2D eigenvalue weighted by Crippen LogP contribution is 2.60. The van der Waals surface area contributed by atoms with Crippen molar-refractivity contribution >= 4 is 35.2 Å². The monoisotopic (exact) mass is 323 g/mol. The number of rotatable bonds is 2. The van der Waals surface area contributed by atoms with Crippen molar-refractivity contribution in [3.63, 3.8) is 0 Å². The van der Waals surface area contributed by atoms with Gasteiger partial charge in [0.05, 0.1) is 4.87 Å². The number of amides is 2. The summed E-state index contributed by atoms with van der Waals surface area (Å²) in [6.45, 7) is 5.24. The molecule has 0 bridgehead atoms. The Kier molecular flexibility index (Phi) is 4.24. The summed E-state index contributed by atoms with van der Waals surface area (Å²) < 4.78 is 10.8. The van der Waals surface area contributed by atoms with E-state index in [1.165, 1.54) is 6.92 Å². The van der Waals surface area contributed by atoms with Gasteiger partial charge in [-0.05, 0) is 25.2 Å². The maximum atomic E-state index is 11.5. The van der Waals surface area contributed by atoms with Crippen LogP contribution in [0.5, 0.6) is 0 Å². The molecule has 2 amide bonds. The summed E-state index contributed by atoms with van der Waals surface area (Å²) in [6, 6.07) is 0. The topological polar surface area (TPSA) is 67.9 Å². The molecule has 20 heavy (non-hydrogen) atoms. The van der Waals surface area contributed by atoms with E-state index in [4.69, 9.17) is 32.7 Å². The number of imide groups is 1. The predicted molar refractivity (Wildman–Crippen MR) is 74.8 cm³/mol. The molecule has 1 saturated heterocycles. The maximum absolute atomic E-state index is 11.5. The highest BCUT2D eigenvalue weighted by Gasteiger charge is 2.73. The van der Waals surface area contributed by atoms with Crippen molar-refractivity contribution in [2.24, 2.45) is 5.92 Å². The second-order valence-electron chi connectivity index (χ2n) is 5.78. The van der Waals surface area contributed by atoms with E-state index >= 15 is 0 Å². The first-order valence-electron chi connectivity index (χ1n) is 6.70. The zero-order chi connectivity index (χ0) is 15.1. The van der Waals surface area contributed by atoms with E-state index in [-0.39, 0.29) is 11.3 Å². The van der Waals surface area contributed by atoms with Crippen LogP contribution in [-0.4, -0.2) is 34.1 Å². The van der Waals surface area contributed by atoms with Gasteiger partial charge in [0.25, 0.3) is 0 Å². The first-order valence-corrected chi connectivity index (χ1v) is 7.52. The van der Waals surface area contributed by atoms with Gasteiger partial charge in [0.1, 0.15) is 0 Å². The lowest BCUT2D eigenvalue weighted by Gasteiger charge is -2.42. The fourth-order valence-corrected chi connectivity index (χ4v) is 3.76. The van der Waals surface area contributed by atoms with Crippen LogP contribution in [0.1, 0.15) is 40.0 Å². The lowest BCUT2D eigenvalue weighted by molar-refractivity contribution is -0.118. The van der Waals surface area contributed by atoms with E-state index in [9.17, 15) is 9.59 Å². The first kappa shape index (κ1) is 15.9. The van der Waals surface area contributed by atoms with Crippen LogP contribution in [0.3, 0.4) is 0 Å². The van der Waals surface area contributed by atoms with Crippen LogP contribution in [0.15, 0.2) is 0 Å². The quantitative estimate of drug-likeness (QED) is 0.626. The van der Waals surface area contributed by atoms with Gasteiger partial charge < -0.3 is 9.47 Å². The van der Waals surface area contributed by atoms with Gasteiger partial charge in [-0.3, -0.25) is 10.1 Å². The van der Waals surface area contributed by atoms with Crippen LogP contribution in [-0.2, 0) is 14.3 Å². The Bertz CT molecular complexity index is 431. The van der Waals surface area contributed by atoms with Crippen molar-refractivity contribution in [3.05, 3.63) is 0 Å². The summed E-state index contributed by atoms with van der Waals surface area (Å²) in [5, 5.41) is 2.05. The summed E-state index contributed by atoms with van der Waals surface area (Å²) >= 11 is 13.0. The number of epoxide rings is 1. The Morgan fingerprint density at radius 3 is 2.65 bits per heavy atom. The molecule has 0 aromatic carbocycles. The second kappa shape index (κ2) is 5.35. The van der Waals surface area contributed by atoms with Gasteiger partial charge in [0.15, 0.2) is 5.60 Å². The van der Waals surface area contributed by atoms with E-state index < -0.39 is 28.8 Å². The molecule has 1 heterocycles. The number of carbonyl (C=O) groups is 2. The van der Waals surface area contributed by atoms with Crippen LogP contribution in [0, 0.1) is 5.92 Å². The average Bonchev–Trinajstić information content (AvgIpc) is 2.98. The number of alkyl carbamates (subject to hydrolysis) is 1. The SMILES string of the molecule is CC(=O)NC(=O)OC1O[C@@]12CC[C@H](Cl)C[C@@]2(Cl)C(C)C. The molecule has 4 atom stereocenters. The van der Waals surface area contributed by atoms with Crippen LogP contribution < -0.4 is 5.32 Å². The fraction of sp³-hybridized carbons (Fsp3) is 0.846. The number of alkyl halides is 2. The van der Waals surface area contributed by atoms with Crippen molar-refractivity contribution in [3.8, 4) is 0 Å². The van der Waals surface area contributed by atoms with E-state index in [0.29, 0.717) is 12.8 Å². The molecule has 7 heteroatoms. The number of ether oxygens (including phenoxy) is 2. The van der Waals surface area contributed by atoms with Gasteiger partial charge in [0, 0.05) is 12.3 Å². The van der Waals surface area contributed by atoms with Crippen molar-refractivity contribution in [2.75, 3.05) is 0 Å². The minimum Gasteiger partial charge on any atom is -0.416 e. The predicted octanol–water partition coefficient (Wildman–Crippen LogP) is 2.78. The Hall–Kier alpha value is -0.520.